The van der Waals surface area contributed by atoms with Crippen molar-refractivity contribution in [2.75, 3.05) is 13.4 Å². The van der Waals surface area contributed by atoms with Gasteiger partial charge in [0, 0.05) is 6.26 Å². The molecule has 0 heterocycles. The molecule has 4 nitrogen and oxygen atoms in total. The SMILES string of the molecule is COc1c(C(C)=O)ccc(S(C)(=O)=O)c1F. The Bertz CT molecular complexity index is 534. The third-order valence-corrected chi connectivity index (χ3v) is 3.16. The van der Waals surface area contributed by atoms with Gasteiger partial charge in [0.25, 0.3) is 0 Å². The first-order valence-corrected chi connectivity index (χ1v) is 6.25. The number of Topliss-reactive ketones (excluding diaryl/α,β-unsaturated/α-hetero) is 1. The van der Waals surface area contributed by atoms with E-state index in [2.05, 4.69) is 0 Å². The molecule has 1 aromatic rings. The summed E-state index contributed by atoms with van der Waals surface area (Å²) in [4.78, 5) is 10.7. The zero-order chi connectivity index (χ0) is 12.5. The summed E-state index contributed by atoms with van der Waals surface area (Å²) in [6, 6.07) is 2.30. The van der Waals surface area contributed by atoms with E-state index in [1.165, 1.54) is 20.1 Å². The molecule has 1 aromatic carbocycles. The number of ketones is 1. The van der Waals surface area contributed by atoms with E-state index in [1.54, 1.807) is 0 Å². The molecule has 0 atom stereocenters. The number of rotatable bonds is 3. The summed E-state index contributed by atoms with van der Waals surface area (Å²) in [6.07, 6.45) is 0.887. The van der Waals surface area contributed by atoms with Gasteiger partial charge in [0.2, 0.25) is 0 Å². The number of benzene rings is 1. The number of hydrogen-bond donors (Lipinski definition) is 0. The van der Waals surface area contributed by atoms with Gasteiger partial charge in [0.1, 0.15) is 4.90 Å². The van der Waals surface area contributed by atoms with Crippen LogP contribution in [0.4, 0.5) is 4.39 Å². The van der Waals surface area contributed by atoms with Crippen LogP contribution in [0.25, 0.3) is 0 Å². The number of carbonyl (C=O) groups is 1. The highest BCUT2D eigenvalue weighted by molar-refractivity contribution is 7.90. The van der Waals surface area contributed by atoms with Crippen LogP contribution in [0.1, 0.15) is 17.3 Å². The molecule has 0 fully saturated rings. The lowest BCUT2D eigenvalue weighted by Gasteiger charge is -2.09. The maximum absolute atomic E-state index is 13.7. The van der Waals surface area contributed by atoms with Crippen LogP contribution in [-0.2, 0) is 9.84 Å². The molecule has 0 aliphatic carbocycles. The van der Waals surface area contributed by atoms with Crippen molar-refractivity contribution in [3.05, 3.63) is 23.5 Å². The van der Waals surface area contributed by atoms with E-state index in [4.69, 9.17) is 4.74 Å². The molecule has 0 spiro atoms. The summed E-state index contributed by atoms with van der Waals surface area (Å²) in [7, 11) is -2.50. The van der Waals surface area contributed by atoms with Gasteiger partial charge in [0.15, 0.2) is 27.2 Å². The van der Waals surface area contributed by atoms with Gasteiger partial charge in [-0.05, 0) is 19.1 Å². The van der Waals surface area contributed by atoms with E-state index in [-0.39, 0.29) is 11.3 Å². The predicted octanol–water partition coefficient (Wildman–Crippen LogP) is 1.44. The van der Waals surface area contributed by atoms with Crippen molar-refractivity contribution in [2.24, 2.45) is 0 Å². The minimum Gasteiger partial charge on any atom is -0.493 e. The average molecular weight is 246 g/mol. The van der Waals surface area contributed by atoms with Gasteiger partial charge in [-0.2, -0.15) is 0 Å². The van der Waals surface area contributed by atoms with Gasteiger partial charge >= 0.3 is 0 Å². The van der Waals surface area contributed by atoms with Crippen molar-refractivity contribution in [3.63, 3.8) is 0 Å². The van der Waals surface area contributed by atoms with E-state index < -0.39 is 26.3 Å². The van der Waals surface area contributed by atoms with E-state index in [9.17, 15) is 17.6 Å². The van der Waals surface area contributed by atoms with E-state index in [0.717, 1.165) is 12.3 Å². The molecule has 16 heavy (non-hydrogen) atoms. The van der Waals surface area contributed by atoms with Crippen LogP contribution < -0.4 is 4.74 Å². The average Bonchev–Trinajstić information content (AvgIpc) is 2.14. The topological polar surface area (TPSA) is 60.4 Å². The molecular formula is C10H11FO4S. The number of halogens is 1. The Labute approximate surface area is 93.0 Å². The Morgan fingerprint density at radius 2 is 1.94 bits per heavy atom. The highest BCUT2D eigenvalue weighted by Crippen LogP contribution is 2.28. The Hall–Kier alpha value is -1.43. The molecule has 0 amide bonds. The zero-order valence-electron chi connectivity index (χ0n) is 9.07. The normalized spacial score (nSPS) is 11.2. The lowest BCUT2D eigenvalue weighted by molar-refractivity contribution is 0.101. The van der Waals surface area contributed by atoms with Crippen molar-refractivity contribution in [1.82, 2.24) is 0 Å². The highest BCUT2D eigenvalue weighted by Gasteiger charge is 2.21. The lowest BCUT2D eigenvalue weighted by atomic mass is 10.1. The molecule has 0 aliphatic rings. The van der Waals surface area contributed by atoms with Crippen molar-refractivity contribution >= 4 is 15.6 Å². The third kappa shape index (κ3) is 2.21. The Kier molecular flexibility index (Phi) is 3.32. The van der Waals surface area contributed by atoms with Crippen molar-refractivity contribution in [2.45, 2.75) is 11.8 Å². The summed E-state index contributed by atoms with van der Waals surface area (Å²) in [5.74, 6) is -1.76. The van der Waals surface area contributed by atoms with Crippen LogP contribution in [0.5, 0.6) is 5.75 Å². The van der Waals surface area contributed by atoms with Gasteiger partial charge in [-0.15, -0.1) is 0 Å². The first kappa shape index (κ1) is 12.6. The molecule has 0 aromatic heterocycles. The highest BCUT2D eigenvalue weighted by atomic mass is 32.2. The largest absolute Gasteiger partial charge is 0.493 e. The summed E-state index contributed by atoms with van der Waals surface area (Å²) in [5, 5.41) is 0. The maximum Gasteiger partial charge on any atom is 0.184 e. The maximum atomic E-state index is 13.7. The second-order valence-electron chi connectivity index (χ2n) is 3.29. The minimum atomic E-state index is -3.67. The van der Waals surface area contributed by atoms with Gasteiger partial charge in [-0.1, -0.05) is 0 Å². The molecule has 0 aliphatic heterocycles. The molecule has 0 bridgehead atoms. The molecule has 88 valence electrons. The van der Waals surface area contributed by atoms with Crippen molar-refractivity contribution < 1.29 is 22.3 Å². The predicted molar refractivity (Wildman–Crippen MR) is 56.1 cm³/mol. The van der Waals surface area contributed by atoms with E-state index in [1.807, 2.05) is 0 Å². The minimum absolute atomic E-state index is 0.0207. The number of hydrogen-bond acceptors (Lipinski definition) is 4. The van der Waals surface area contributed by atoms with Crippen molar-refractivity contribution in [3.8, 4) is 5.75 Å². The monoisotopic (exact) mass is 246 g/mol. The fourth-order valence-corrected chi connectivity index (χ4v) is 2.03. The van der Waals surface area contributed by atoms with Crippen molar-refractivity contribution in [1.29, 1.82) is 0 Å². The van der Waals surface area contributed by atoms with Gasteiger partial charge in [-0.25, -0.2) is 12.8 Å². The second kappa shape index (κ2) is 4.21. The molecule has 6 heteroatoms. The quantitative estimate of drug-likeness (QED) is 0.757. The molecule has 0 saturated heterocycles. The number of carbonyl (C=O) groups excluding carboxylic acids is 1. The molecule has 1 rings (SSSR count). The Balaban J connectivity index is 3.59. The van der Waals surface area contributed by atoms with E-state index >= 15 is 0 Å². The number of sulfone groups is 1. The van der Waals surface area contributed by atoms with Crippen LogP contribution in [0.15, 0.2) is 17.0 Å². The number of ether oxygens (including phenoxy) is 1. The van der Waals surface area contributed by atoms with Crippen LogP contribution in [0.2, 0.25) is 0 Å². The van der Waals surface area contributed by atoms with Crippen LogP contribution in [-0.4, -0.2) is 27.6 Å². The summed E-state index contributed by atoms with van der Waals surface area (Å²) in [5.41, 5.74) is 0.0207. The molecule has 0 N–H and O–H groups in total. The third-order valence-electron chi connectivity index (χ3n) is 2.04. The Morgan fingerprint density at radius 3 is 2.31 bits per heavy atom. The first-order valence-electron chi connectivity index (χ1n) is 4.36. The smallest absolute Gasteiger partial charge is 0.184 e. The lowest BCUT2D eigenvalue weighted by Crippen LogP contribution is -2.06. The summed E-state index contributed by atoms with van der Waals surface area (Å²) >= 11 is 0. The molecular weight excluding hydrogens is 235 g/mol. The van der Waals surface area contributed by atoms with Gasteiger partial charge in [0.05, 0.1) is 12.7 Å². The summed E-state index contributed by atoms with van der Waals surface area (Å²) in [6.45, 7) is 1.25. The fourth-order valence-electron chi connectivity index (χ4n) is 1.30. The summed E-state index contributed by atoms with van der Waals surface area (Å²) < 4.78 is 40.9. The Morgan fingerprint density at radius 1 is 1.38 bits per heavy atom. The first-order chi connectivity index (χ1) is 7.29. The number of methoxy groups -OCH3 is 1. The molecule has 0 unspecified atom stereocenters. The van der Waals surface area contributed by atoms with Gasteiger partial charge in [-0.3, -0.25) is 4.79 Å². The standard InChI is InChI=1S/C10H11FO4S/c1-6(12)7-4-5-8(16(3,13)14)9(11)10(7)15-2/h4-5H,1-3H3. The van der Waals surface area contributed by atoms with Gasteiger partial charge < -0.3 is 4.74 Å². The van der Waals surface area contributed by atoms with Crippen LogP contribution >= 0.6 is 0 Å². The fraction of sp³-hybridized carbons (Fsp3) is 0.300. The van der Waals surface area contributed by atoms with E-state index in [0.29, 0.717) is 0 Å². The molecule has 0 saturated carbocycles. The van der Waals surface area contributed by atoms with Crippen LogP contribution in [0, 0.1) is 5.82 Å². The zero-order valence-corrected chi connectivity index (χ0v) is 9.89. The second-order valence-corrected chi connectivity index (χ2v) is 5.27. The van der Waals surface area contributed by atoms with Crippen LogP contribution in [0.3, 0.4) is 0 Å². The molecule has 0 radical (unpaired) electrons.